The van der Waals surface area contributed by atoms with Crippen molar-refractivity contribution >= 4 is 23.1 Å². The van der Waals surface area contributed by atoms with E-state index in [1.54, 1.807) is 25.1 Å². The fourth-order valence-electron chi connectivity index (χ4n) is 0.987. The average molecular weight is 198 g/mol. The molecule has 0 aromatic heterocycles. The van der Waals surface area contributed by atoms with Crippen molar-refractivity contribution in [1.82, 2.24) is 0 Å². The number of hydrogen-bond acceptors (Lipinski definition) is 3. The highest BCUT2D eigenvalue weighted by molar-refractivity contribution is 7.78. The molecule has 3 heteroatoms. The number of hydrogen-bond donors (Lipinski definition) is 0. The van der Waals surface area contributed by atoms with E-state index in [1.807, 2.05) is 6.07 Å². The highest BCUT2D eigenvalue weighted by Gasteiger charge is 1.99. The molecule has 0 unspecified atom stereocenters. The molecule has 1 aromatic rings. The predicted molar refractivity (Wildman–Crippen MR) is 58.4 cm³/mol. The van der Waals surface area contributed by atoms with Crippen molar-refractivity contribution in [3.63, 3.8) is 0 Å². The third-order valence-electron chi connectivity index (χ3n) is 1.55. The summed E-state index contributed by atoms with van der Waals surface area (Å²) in [5.41, 5.74) is 1.91. The Labute approximate surface area is 87.9 Å². The van der Waals surface area contributed by atoms with Gasteiger partial charge in [0.2, 0.25) is 0 Å². The van der Waals surface area contributed by atoms with Crippen LogP contribution in [0.15, 0.2) is 23.2 Å². The van der Waals surface area contributed by atoms with Gasteiger partial charge in [0.05, 0.1) is 28.0 Å². The van der Waals surface area contributed by atoms with Crippen LogP contribution in [0.25, 0.3) is 0 Å². The van der Waals surface area contributed by atoms with Crippen LogP contribution in [0.5, 0.6) is 0 Å². The number of thiocarbonyl (C=S) groups is 1. The van der Waals surface area contributed by atoms with Crippen molar-refractivity contribution in [3.05, 3.63) is 29.3 Å². The van der Waals surface area contributed by atoms with Crippen molar-refractivity contribution in [3.8, 4) is 17.9 Å². The molecule has 66 valence electrons. The first-order valence-corrected chi connectivity index (χ1v) is 4.27. The number of aliphatic imine (C=N–C) groups is 1. The number of rotatable bonds is 1. The normalized spacial score (nSPS) is 7.71. The second-order valence-corrected chi connectivity index (χ2v) is 2.60. The van der Waals surface area contributed by atoms with Crippen LogP contribution in [0.4, 0.5) is 5.69 Å². The first-order valence-electron chi connectivity index (χ1n) is 3.86. The molecule has 0 aliphatic heterocycles. The smallest absolute Gasteiger partial charge is 0.0992 e. The minimum Gasteiger partial charge on any atom is -0.193 e. The predicted octanol–water partition coefficient (Wildman–Crippen LogP) is 2.66. The SMILES string of the molecule is CC#Cc1cc(C#N)ccc1N=C=S. The molecule has 0 heterocycles. The fourth-order valence-corrected chi connectivity index (χ4v) is 1.09. The monoisotopic (exact) mass is 198 g/mol. The highest BCUT2D eigenvalue weighted by Crippen LogP contribution is 2.18. The molecule has 0 amide bonds. The minimum absolute atomic E-state index is 0.561. The quantitative estimate of drug-likeness (QED) is 0.395. The number of nitriles is 1. The molecule has 0 bridgehead atoms. The van der Waals surface area contributed by atoms with Gasteiger partial charge in [-0.2, -0.15) is 10.3 Å². The largest absolute Gasteiger partial charge is 0.193 e. The Kier molecular flexibility index (Phi) is 3.58. The molecule has 0 atom stereocenters. The lowest BCUT2D eigenvalue weighted by atomic mass is 10.1. The van der Waals surface area contributed by atoms with Crippen LogP contribution >= 0.6 is 12.2 Å². The topological polar surface area (TPSA) is 36.1 Å². The highest BCUT2D eigenvalue weighted by atomic mass is 32.1. The molecule has 0 fully saturated rings. The van der Waals surface area contributed by atoms with Crippen molar-refractivity contribution in [1.29, 1.82) is 5.26 Å². The zero-order valence-corrected chi connectivity index (χ0v) is 8.35. The molecule has 1 rings (SSSR count). The zero-order chi connectivity index (χ0) is 10.4. The van der Waals surface area contributed by atoms with Crippen LogP contribution in [0, 0.1) is 23.2 Å². The maximum Gasteiger partial charge on any atom is 0.0992 e. The Morgan fingerprint density at radius 3 is 2.79 bits per heavy atom. The van der Waals surface area contributed by atoms with Crippen molar-refractivity contribution in [2.24, 2.45) is 4.99 Å². The van der Waals surface area contributed by atoms with Crippen LogP contribution in [-0.4, -0.2) is 5.16 Å². The maximum absolute atomic E-state index is 8.69. The summed E-state index contributed by atoms with van der Waals surface area (Å²) in [4.78, 5) is 3.85. The van der Waals surface area contributed by atoms with Gasteiger partial charge in [0.15, 0.2) is 0 Å². The first-order chi connectivity index (χ1) is 6.81. The Morgan fingerprint density at radius 2 is 2.21 bits per heavy atom. The van der Waals surface area contributed by atoms with E-state index in [0.717, 1.165) is 0 Å². The standard InChI is InChI=1S/C11H6N2S/c1-2-3-10-6-9(7-12)4-5-11(10)13-8-14/h4-6H,1H3. The molecule has 0 saturated heterocycles. The van der Waals surface area contributed by atoms with Crippen LogP contribution < -0.4 is 0 Å². The summed E-state index contributed by atoms with van der Waals surface area (Å²) in [6.45, 7) is 1.73. The summed E-state index contributed by atoms with van der Waals surface area (Å²) in [6, 6.07) is 7.10. The molecule has 0 saturated carbocycles. The molecule has 2 nitrogen and oxygen atoms in total. The second kappa shape index (κ2) is 4.94. The third kappa shape index (κ3) is 2.28. The van der Waals surface area contributed by atoms with Gasteiger partial charge in [0, 0.05) is 0 Å². The molecular formula is C11H6N2S. The Bertz CT molecular complexity index is 494. The summed E-state index contributed by atoms with van der Waals surface area (Å²) >= 11 is 4.51. The molecule has 1 aromatic carbocycles. The van der Waals surface area contributed by atoms with E-state index in [4.69, 9.17) is 5.26 Å². The molecular weight excluding hydrogens is 192 g/mol. The van der Waals surface area contributed by atoms with Gasteiger partial charge in [-0.25, -0.2) is 0 Å². The van der Waals surface area contributed by atoms with E-state index in [1.165, 1.54) is 0 Å². The van der Waals surface area contributed by atoms with Crippen molar-refractivity contribution in [2.75, 3.05) is 0 Å². The molecule has 0 N–H and O–H groups in total. The summed E-state index contributed by atoms with van der Waals surface area (Å²) in [5, 5.41) is 11.0. The average Bonchev–Trinajstić information content (AvgIpc) is 2.21. The Balaban J connectivity index is 3.37. The molecule has 0 aliphatic carbocycles. The summed E-state index contributed by atoms with van der Waals surface area (Å²) in [5.74, 6) is 5.61. The van der Waals surface area contributed by atoms with Gasteiger partial charge >= 0.3 is 0 Å². The molecule has 0 aliphatic rings. The lowest BCUT2D eigenvalue weighted by Gasteiger charge is -1.96. The van der Waals surface area contributed by atoms with Gasteiger partial charge in [-0.1, -0.05) is 5.92 Å². The minimum atomic E-state index is 0.561. The summed E-state index contributed by atoms with van der Waals surface area (Å²) in [6.07, 6.45) is 0. The van der Waals surface area contributed by atoms with Gasteiger partial charge < -0.3 is 0 Å². The first kappa shape index (κ1) is 10.2. The second-order valence-electron chi connectivity index (χ2n) is 2.42. The van der Waals surface area contributed by atoms with Crippen LogP contribution in [0.3, 0.4) is 0 Å². The Morgan fingerprint density at radius 1 is 1.43 bits per heavy atom. The summed E-state index contributed by atoms with van der Waals surface area (Å²) in [7, 11) is 0. The van der Waals surface area contributed by atoms with Gasteiger partial charge in [-0.3, -0.25) is 0 Å². The summed E-state index contributed by atoms with van der Waals surface area (Å²) < 4.78 is 0. The van der Waals surface area contributed by atoms with Crippen LogP contribution in [-0.2, 0) is 0 Å². The van der Waals surface area contributed by atoms with E-state index in [9.17, 15) is 0 Å². The van der Waals surface area contributed by atoms with E-state index < -0.39 is 0 Å². The maximum atomic E-state index is 8.69. The van der Waals surface area contributed by atoms with Gasteiger partial charge in [0.25, 0.3) is 0 Å². The molecule has 14 heavy (non-hydrogen) atoms. The zero-order valence-electron chi connectivity index (χ0n) is 7.53. The van der Waals surface area contributed by atoms with E-state index >= 15 is 0 Å². The van der Waals surface area contributed by atoms with Crippen LogP contribution in [0.1, 0.15) is 18.1 Å². The molecule has 0 radical (unpaired) electrons. The fraction of sp³-hybridized carbons (Fsp3) is 0.0909. The van der Waals surface area contributed by atoms with Gasteiger partial charge in [0.1, 0.15) is 0 Å². The van der Waals surface area contributed by atoms with Crippen molar-refractivity contribution < 1.29 is 0 Å². The van der Waals surface area contributed by atoms with E-state index in [-0.39, 0.29) is 0 Å². The van der Waals surface area contributed by atoms with Gasteiger partial charge in [-0.15, -0.1) is 5.92 Å². The number of benzene rings is 1. The molecule has 0 spiro atoms. The van der Waals surface area contributed by atoms with Gasteiger partial charge in [-0.05, 0) is 37.3 Å². The Hall–Kier alpha value is -1.93. The third-order valence-corrected chi connectivity index (χ3v) is 1.64. The van der Waals surface area contributed by atoms with E-state index in [2.05, 4.69) is 34.2 Å². The van der Waals surface area contributed by atoms with E-state index in [0.29, 0.717) is 16.8 Å². The van der Waals surface area contributed by atoms with Crippen molar-refractivity contribution in [2.45, 2.75) is 6.92 Å². The van der Waals surface area contributed by atoms with Crippen LogP contribution in [0.2, 0.25) is 0 Å². The number of nitrogens with zero attached hydrogens (tertiary/aromatic N) is 2. The lowest BCUT2D eigenvalue weighted by Crippen LogP contribution is -1.79. The number of isothiocyanates is 1. The lowest BCUT2D eigenvalue weighted by molar-refractivity contribution is 1.45.